The van der Waals surface area contributed by atoms with Crippen molar-refractivity contribution in [2.24, 2.45) is 0 Å². The number of nitrogens with zero attached hydrogens (tertiary/aromatic N) is 2. The fourth-order valence-corrected chi connectivity index (χ4v) is 3.26. The van der Waals surface area contributed by atoms with E-state index in [1.807, 2.05) is 24.1 Å². The summed E-state index contributed by atoms with van der Waals surface area (Å²) >= 11 is 1.38. The Morgan fingerprint density at radius 2 is 2.33 bits per heavy atom. The van der Waals surface area contributed by atoms with Gasteiger partial charge in [0.25, 0.3) is 5.91 Å². The molecule has 2 aromatic heterocycles. The third-order valence-electron chi connectivity index (χ3n) is 3.64. The number of amides is 1. The van der Waals surface area contributed by atoms with Crippen molar-refractivity contribution in [2.45, 2.75) is 25.3 Å². The Morgan fingerprint density at radius 1 is 1.56 bits per heavy atom. The number of hydrogen-bond acceptors (Lipinski definition) is 4. The fourth-order valence-electron chi connectivity index (χ4n) is 2.21. The molecular formula is C13H15N3OS. The molecule has 1 fully saturated rings. The second-order valence-corrected chi connectivity index (χ2v) is 5.70. The maximum Gasteiger partial charge on any atom is 0.266 e. The van der Waals surface area contributed by atoms with Gasteiger partial charge in [-0.15, -0.1) is 11.3 Å². The summed E-state index contributed by atoms with van der Waals surface area (Å²) in [4.78, 5) is 19.9. The first-order chi connectivity index (χ1) is 8.68. The average molecular weight is 261 g/mol. The SMILES string of the molecule is CN(C(=O)c1sc2ncccc2c1N)C1CCC1. The van der Waals surface area contributed by atoms with Gasteiger partial charge in [-0.2, -0.15) is 0 Å². The van der Waals surface area contributed by atoms with Crippen LogP contribution >= 0.6 is 11.3 Å². The van der Waals surface area contributed by atoms with Crippen LogP contribution in [-0.4, -0.2) is 28.9 Å². The molecule has 0 aromatic carbocycles. The minimum atomic E-state index is 0.0280. The van der Waals surface area contributed by atoms with Crippen molar-refractivity contribution < 1.29 is 4.79 Å². The lowest BCUT2D eigenvalue weighted by Gasteiger charge is -2.34. The summed E-state index contributed by atoms with van der Waals surface area (Å²) in [6, 6.07) is 4.14. The van der Waals surface area contributed by atoms with Gasteiger partial charge < -0.3 is 10.6 Å². The van der Waals surface area contributed by atoms with Crippen LogP contribution in [0.25, 0.3) is 10.2 Å². The molecule has 0 spiro atoms. The maximum atomic E-state index is 12.4. The molecule has 5 heteroatoms. The van der Waals surface area contributed by atoms with Gasteiger partial charge in [0, 0.05) is 24.7 Å². The van der Waals surface area contributed by atoms with E-state index in [0.717, 1.165) is 23.1 Å². The molecule has 1 aliphatic carbocycles. The molecule has 4 nitrogen and oxygen atoms in total. The van der Waals surface area contributed by atoms with Crippen LogP contribution in [0, 0.1) is 0 Å². The first kappa shape index (κ1) is 11.5. The topological polar surface area (TPSA) is 59.2 Å². The van der Waals surface area contributed by atoms with E-state index in [1.54, 1.807) is 6.20 Å². The highest BCUT2D eigenvalue weighted by Gasteiger charge is 2.28. The normalized spacial score (nSPS) is 15.6. The lowest BCUT2D eigenvalue weighted by molar-refractivity contribution is 0.0658. The van der Waals surface area contributed by atoms with E-state index in [9.17, 15) is 4.79 Å². The highest BCUT2D eigenvalue weighted by Crippen LogP contribution is 2.34. The maximum absolute atomic E-state index is 12.4. The third-order valence-corrected chi connectivity index (χ3v) is 4.76. The van der Waals surface area contributed by atoms with Crippen molar-refractivity contribution in [3.05, 3.63) is 23.2 Å². The zero-order valence-electron chi connectivity index (χ0n) is 10.2. The second kappa shape index (κ2) is 4.24. The Morgan fingerprint density at radius 3 is 2.94 bits per heavy atom. The van der Waals surface area contributed by atoms with Crippen molar-refractivity contribution in [3.63, 3.8) is 0 Å². The fraction of sp³-hybridized carbons (Fsp3) is 0.385. The zero-order chi connectivity index (χ0) is 12.7. The molecule has 18 heavy (non-hydrogen) atoms. The largest absolute Gasteiger partial charge is 0.397 e. The molecule has 3 rings (SSSR count). The van der Waals surface area contributed by atoms with Crippen molar-refractivity contribution in [1.82, 2.24) is 9.88 Å². The molecule has 94 valence electrons. The van der Waals surface area contributed by atoms with E-state index < -0.39 is 0 Å². The number of nitrogens with two attached hydrogens (primary N) is 1. The van der Waals surface area contributed by atoms with Crippen molar-refractivity contribution in [1.29, 1.82) is 0 Å². The van der Waals surface area contributed by atoms with Crippen LogP contribution in [0.2, 0.25) is 0 Å². The van der Waals surface area contributed by atoms with Gasteiger partial charge in [0.15, 0.2) is 0 Å². The number of carbonyl (C=O) groups excluding carboxylic acids is 1. The Kier molecular flexibility index (Phi) is 2.70. The number of pyridine rings is 1. The van der Waals surface area contributed by atoms with Crippen LogP contribution in [0.15, 0.2) is 18.3 Å². The van der Waals surface area contributed by atoms with Gasteiger partial charge in [-0.25, -0.2) is 4.98 Å². The monoisotopic (exact) mass is 261 g/mol. The van der Waals surface area contributed by atoms with E-state index in [2.05, 4.69) is 4.98 Å². The number of anilines is 1. The Bertz CT molecular complexity index is 603. The van der Waals surface area contributed by atoms with E-state index in [-0.39, 0.29) is 5.91 Å². The Balaban J connectivity index is 1.98. The van der Waals surface area contributed by atoms with E-state index in [4.69, 9.17) is 5.73 Å². The molecule has 0 bridgehead atoms. The molecule has 0 saturated heterocycles. The molecule has 0 radical (unpaired) electrons. The minimum Gasteiger partial charge on any atom is -0.397 e. The van der Waals surface area contributed by atoms with Crippen LogP contribution < -0.4 is 5.73 Å². The average Bonchev–Trinajstić information content (AvgIpc) is 2.64. The molecule has 1 aliphatic rings. The Hall–Kier alpha value is -1.62. The summed E-state index contributed by atoms with van der Waals surface area (Å²) in [6.45, 7) is 0. The van der Waals surface area contributed by atoms with Gasteiger partial charge in [0.1, 0.15) is 9.71 Å². The number of fused-ring (bicyclic) bond motifs is 1. The van der Waals surface area contributed by atoms with Crippen molar-refractivity contribution in [3.8, 4) is 0 Å². The van der Waals surface area contributed by atoms with Crippen LogP contribution in [-0.2, 0) is 0 Å². The lowest BCUT2D eigenvalue weighted by Crippen LogP contribution is -2.41. The first-order valence-electron chi connectivity index (χ1n) is 6.08. The van der Waals surface area contributed by atoms with Gasteiger partial charge in [-0.3, -0.25) is 4.79 Å². The quantitative estimate of drug-likeness (QED) is 0.903. The highest BCUT2D eigenvalue weighted by molar-refractivity contribution is 7.21. The van der Waals surface area contributed by atoms with Gasteiger partial charge in [-0.1, -0.05) is 0 Å². The van der Waals surface area contributed by atoms with Gasteiger partial charge in [0.2, 0.25) is 0 Å². The number of thiophene rings is 1. The zero-order valence-corrected chi connectivity index (χ0v) is 11.0. The smallest absolute Gasteiger partial charge is 0.266 e. The first-order valence-corrected chi connectivity index (χ1v) is 6.90. The molecule has 1 saturated carbocycles. The highest BCUT2D eigenvalue weighted by atomic mass is 32.1. The van der Waals surface area contributed by atoms with Crippen molar-refractivity contribution in [2.75, 3.05) is 12.8 Å². The number of carbonyl (C=O) groups is 1. The molecular weight excluding hydrogens is 246 g/mol. The number of hydrogen-bond donors (Lipinski definition) is 1. The second-order valence-electron chi connectivity index (χ2n) is 4.70. The van der Waals surface area contributed by atoms with E-state index in [0.29, 0.717) is 16.6 Å². The summed E-state index contributed by atoms with van der Waals surface area (Å²) in [7, 11) is 1.86. The molecule has 0 unspecified atom stereocenters. The molecule has 0 aliphatic heterocycles. The minimum absolute atomic E-state index is 0.0280. The summed E-state index contributed by atoms with van der Waals surface area (Å²) in [6.07, 6.45) is 5.14. The predicted molar refractivity (Wildman–Crippen MR) is 73.8 cm³/mol. The van der Waals surface area contributed by atoms with E-state index in [1.165, 1.54) is 17.8 Å². The van der Waals surface area contributed by atoms with Crippen LogP contribution in [0.5, 0.6) is 0 Å². The Labute approximate surface area is 109 Å². The number of rotatable bonds is 2. The number of aromatic nitrogens is 1. The summed E-state index contributed by atoms with van der Waals surface area (Å²) in [5.41, 5.74) is 6.63. The predicted octanol–water partition coefficient (Wildman–Crippen LogP) is 2.50. The van der Waals surface area contributed by atoms with Gasteiger partial charge in [0.05, 0.1) is 5.69 Å². The summed E-state index contributed by atoms with van der Waals surface area (Å²) < 4.78 is 0. The number of nitrogen functional groups attached to an aromatic ring is 1. The van der Waals surface area contributed by atoms with Crippen LogP contribution in [0.3, 0.4) is 0 Å². The standard InChI is InChI=1S/C13H15N3OS/c1-16(8-4-2-5-8)13(17)11-10(14)9-6-3-7-15-12(9)18-11/h3,6-8H,2,4-5,14H2,1H3. The molecule has 1 amide bonds. The summed E-state index contributed by atoms with van der Waals surface area (Å²) in [5, 5.41) is 0.882. The van der Waals surface area contributed by atoms with Crippen LogP contribution in [0.1, 0.15) is 28.9 Å². The van der Waals surface area contributed by atoms with Gasteiger partial charge in [-0.05, 0) is 31.4 Å². The molecule has 2 heterocycles. The lowest BCUT2D eigenvalue weighted by atomic mass is 9.92. The molecule has 0 atom stereocenters. The van der Waals surface area contributed by atoms with Crippen LogP contribution in [0.4, 0.5) is 5.69 Å². The van der Waals surface area contributed by atoms with Crippen molar-refractivity contribution >= 4 is 33.1 Å². The molecule has 2 N–H and O–H groups in total. The summed E-state index contributed by atoms with van der Waals surface area (Å²) in [5.74, 6) is 0.0280. The van der Waals surface area contributed by atoms with Gasteiger partial charge >= 0.3 is 0 Å². The van der Waals surface area contributed by atoms with E-state index >= 15 is 0 Å². The third kappa shape index (κ3) is 1.66. The molecule has 2 aromatic rings.